The summed E-state index contributed by atoms with van der Waals surface area (Å²) < 4.78 is 13.5. The van der Waals surface area contributed by atoms with E-state index in [1.807, 2.05) is 0 Å². The van der Waals surface area contributed by atoms with Crippen LogP contribution in [0.4, 0.5) is 0 Å². The highest BCUT2D eigenvalue weighted by Gasteiger charge is 2.18. The van der Waals surface area contributed by atoms with Gasteiger partial charge in [0, 0.05) is 13.1 Å². The van der Waals surface area contributed by atoms with Crippen molar-refractivity contribution in [3.8, 4) is 0 Å². The predicted octanol–water partition coefficient (Wildman–Crippen LogP) is -0.195. The van der Waals surface area contributed by atoms with E-state index in [0.29, 0.717) is 11.5 Å². The van der Waals surface area contributed by atoms with Crippen molar-refractivity contribution in [1.29, 1.82) is 0 Å². The molecule has 0 aliphatic rings. The van der Waals surface area contributed by atoms with Gasteiger partial charge in [0.15, 0.2) is 11.2 Å². The molecule has 0 fully saturated rings. The Morgan fingerprint density at radius 1 is 1.36 bits per heavy atom. The average molecular weight is 347 g/mol. The Labute approximate surface area is 141 Å². The molecule has 3 aromatic heterocycles. The largest absolute Gasteiger partial charge is 0.465 e. The molecular formula is C15H17N5O5. The van der Waals surface area contributed by atoms with Gasteiger partial charge in [-0.25, -0.2) is 9.78 Å². The predicted molar refractivity (Wildman–Crippen MR) is 86.2 cm³/mol. The summed E-state index contributed by atoms with van der Waals surface area (Å²) in [7, 11) is 1.51. The van der Waals surface area contributed by atoms with Crippen LogP contribution >= 0.6 is 0 Å². The van der Waals surface area contributed by atoms with E-state index in [2.05, 4.69) is 10.1 Å². The highest BCUT2D eigenvalue weighted by Crippen LogP contribution is 2.07. The number of fused-ring (bicyclic) bond motifs is 1. The lowest BCUT2D eigenvalue weighted by atomic mass is 10.3. The number of carbonyl (C=O) groups is 1. The molecule has 0 bridgehead atoms. The van der Waals surface area contributed by atoms with Gasteiger partial charge in [-0.3, -0.25) is 18.7 Å². The smallest absolute Gasteiger partial charge is 0.332 e. The van der Waals surface area contributed by atoms with Gasteiger partial charge in [0.05, 0.1) is 19.5 Å². The van der Waals surface area contributed by atoms with E-state index in [-0.39, 0.29) is 30.9 Å². The van der Waals surface area contributed by atoms with Gasteiger partial charge in [0.25, 0.3) is 5.56 Å². The molecule has 25 heavy (non-hydrogen) atoms. The molecule has 0 aromatic carbocycles. The molecule has 0 unspecified atom stereocenters. The molecule has 3 aromatic rings. The highest BCUT2D eigenvalue weighted by atomic mass is 16.5. The van der Waals surface area contributed by atoms with Crippen LogP contribution in [0.25, 0.3) is 11.2 Å². The maximum atomic E-state index is 12.8. The number of carbonyl (C=O) groups excluding carboxylic acids is 1. The molecule has 0 aliphatic carbocycles. The second-order valence-corrected chi connectivity index (χ2v) is 5.51. The zero-order valence-corrected chi connectivity index (χ0v) is 14.1. The molecule has 10 nitrogen and oxygen atoms in total. The third-order valence-corrected chi connectivity index (χ3v) is 3.70. The first-order chi connectivity index (χ1) is 11.9. The van der Waals surface area contributed by atoms with Crippen molar-refractivity contribution in [1.82, 2.24) is 23.8 Å². The Balaban J connectivity index is 2.13. The molecule has 0 aliphatic heterocycles. The average Bonchev–Trinajstić information content (AvgIpc) is 3.16. The highest BCUT2D eigenvalue weighted by molar-refractivity contribution is 5.75. The Kier molecular flexibility index (Phi) is 4.26. The Morgan fingerprint density at radius 3 is 2.76 bits per heavy atom. The molecule has 10 heteroatoms. The van der Waals surface area contributed by atoms with Crippen molar-refractivity contribution >= 4 is 17.1 Å². The minimum atomic E-state index is -0.555. The number of nitrogens with zero attached hydrogens (tertiary/aromatic N) is 5. The first kappa shape index (κ1) is 16.7. The monoisotopic (exact) mass is 347 g/mol. The minimum absolute atomic E-state index is 0.0383. The van der Waals surface area contributed by atoms with Crippen LogP contribution in [0.3, 0.4) is 0 Å². The summed E-state index contributed by atoms with van der Waals surface area (Å²) in [6.45, 7) is 3.44. The van der Waals surface area contributed by atoms with Crippen molar-refractivity contribution in [3.63, 3.8) is 0 Å². The third kappa shape index (κ3) is 2.97. The lowest BCUT2D eigenvalue weighted by molar-refractivity contribution is -0.143. The Hall–Kier alpha value is -3.17. The minimum Gasteiger partial charge on any atom is -0.465 e. The van der Waals surface area contributed by atoms with Gasteiger partial charge in [-0.05, 0) is 13.8 Å². The molecule has 0 atom stereocenters. The molecule has 0 saturated heterocycles. The van der Waals surface area contributed by atoms with Crippen LogP contribution in [0.2, 0.25) is 0 Å². The van der Waals surface area contributed by atoms with Gasteiger partial charge in [-0.2, -0.15) is 0 Å². The maximum absolute atomic E-state index is 12.8. The zero-order valence-electron chi connectivity index (χ0n) is 14.1. The van der Waals surface area contributed by atoms with Gasteiger partial charge in [0.1, 0.15) is 18.0 Å². The van der Waals surface area contributed by atoms with Crippen molar-refractivity contribution in [2.75, 3.05) is 6.61 Å². The fraction of sp³-hybridized carbons (Fsp3) is 0.400. The number of hydrogen-bond donors (Lipinski definition) is 0. The van der Waals surface area contributed by atoms with E-state index in [4.69, 9.17) is 9.26 Å². The fourth-order valence-corrected chi connectivity index (χ4v) is 2.58. The lowest BCUT2D eigenvalue weighted by Gasteiger charge is -2.08. The van der Waals surface area contributed by atoms with Crippen molar-refractivity contribution in [2.45, 2.75) is 26.9 Å². The molecular weight excluding hydrogens is 330 g/mol. The van der Waals surface area contributed by atoms with E-state index in [9.17, 15) is 14.4 Å². The topological polar surface area (TPSA) is 114 Å². The third-order valence-electron chi connectivity index (χ3n) is 3.70. The first-order valence-electron chi connectivity index (χ1n) is 7.64. The van der Waals surface area contributed by atoms with Crippen LogP contribution in [0.5, 0.6) is 0 Å². The quantitative estimate of drug-likeness (QED) is 0.587. The second-order valence-electron chi connectivity index (χ2n) is 5.51. The number of esters is 1. The molecule has 0 saturated carbocycles. The standard InChI is InChI=1S/C15H17N5O5/c1-4-24-11(21)7-19-8-16-13-12(19)14(22)20(15(23)18(13)3)6-10-5-9(2)25-17-10/h5,8H,4,6-7H2,1-3H3. The van der Waals surface area contributed by atoms with E-state index in [1.54, 1.807) is 19.9 Å². The first-order valence-corrected chi connectivity index (χ1v) is 7.64. The Morgan fingerprint density at radius 2 is 2.12 bits per heavy atom. The fourth-order valence-electron chi connectivity index (χ4n) is 2.58. The van der Waals surface area contributed by atoms with Crippen LogP contribution in [-0.4, -0.2) is 36.4 Å². The van der Waals surface area contributed by atoms with Gasteiger partial charge in [-0.15, -0.1) is 0 Å². The molecule has 132 valence electrons. The SMILES string of the molecule is CCOC(=O)Cn1cnc2c1c(=O)n(Cc1cc(C)on1)c(=O)n2C. The molecule has 3 rings (SSSR count). The number of aromatic nitrogens is 5. The molecule has 0 N–H and O–H groups in total. The normalized spacial score (nSPS) is 11.2. The summed E-state index contributed by atoms with van der Waals surface area (Å²) in [6, 6.07) is 1.64. The van der Waals surface area contributed by atoms with Gasteiger partial charge < -0.3 is 13.8 Å². The van der Waals surface area contributed by atoms with E-state index in [1.165, 1.54) is 22.5 Å². The number of imidazole rings is 1. The number of ether oxygens (including phenoxy) is 1. The number of rotatable bonds is 5. The lowest BCUT2D eigenvalue weighted by Crippen LogP contribution is -2.40. The van der Waals surface area contributed by atoms with Gasteiger partial charge in [-0.1, -0.05) is 5.16 Å². The van der Waals surface area contributed by atoms with Crippen molar-refractivity contribution in [3.05, 3.63) is 44.7 Å². The zero-order chi connectivity index (χ0) is 18.1. The van der Waals surface area contributed by atoms with E-state index in [0.717, 1.165) is 4.57 Å². The van der Waals surface area contributed by atoms with Crippen LogP contribution < -0.4 is 11.2 Å². The molecule has 3 heterocycles. The second kappa shape index (κ2) is 6.38. The van der Waals surface area contributed by atoms with Crippen LogP contribution in [-0.2, 0) is 29.7 Å². The van der Waals surface area contributed by atoms with Gasteiger partial charge >= 0.3 is 11.7 Å². The summed E-state index contributed by atoms with van der Waals surface area (Å²) in [5.41, 5.74) is -0.283. The number of aryl methyl sites for hydroxylation is 2. The van der Waals surface area contributed by atoms with Crippen molar-refractivity contribution in [2.24, 2.45) is 7.05 Å². The summed E-state index contributed by atoms with van der Waals surface area (Å²) in [6.07, 6.45) is 1.34. The van der Waals surface area contributed by atoms with E-state index < -0.39 is 17.2 Å². The maximum Gasteiger partial charge on any atom is 0.332 e. The summed E-state index contributed by atoms with van der Waals surface area (Å²) in [4.78, 5) is 41.1. The summed E-state index contributed by atoms with van der Waals surface area (Å²) >= 11 is 0. The van der Waals surface area contributed by atoms with Crippen molar-refractivity contribution < 1.29 is 14.1 Å². The Bertz CT molecular complexity index is 1050. The summed E-state index contributed by atoms with van der Waals surface area (Å²) in [5, 5.41) is 3.81. The van der Waals surface area contributed by atoms with E-state index >= 15 is 0 Å². The van der Waals surface area contributed by atoms with Crippen LogP contribution in [0.15, 0.2) is 26.5 Å². The molecule has 0 spiro atoms. The molecule has 0 amide bonds. The molecule has 0 radical (unpaired) electrons. The van der Waals surface area contributed by atoms with Crippen LogP contribution in [0, 0.1) is 6.92 Å². The number of hydrogen-bond acceptors (Lipinski definition) is 7. The van der Waals surface area contributed by atoms with Gasteiger partial charge in [0.2, 0.25) is 0 Å². The van der Waals surface area contributed by atoms with Crippen LogP contribution in [0.1, 0.15) is 18.4 Å². The summed E-state index contributed by atoms with van der Waals surface area (Å²) in [5.74, 6) is 0.0852.